The summed E-state index contributed by atoms with van der Waals surface area (Å²) in [7, 11) is 0. The second-order valence-corrected chi connectivity index (χ2v) is 5.69. The summed E-state index contributed by atoms with van der Waals surface area (Å²) in [6.07, 6.45) is 5.03. The van der Waals surface area contributed by atoms with Crippen molar-refractivity contribution in [3.8, 4) is 18.1 Å². The number of hydrogen-bond donors (Lipinski definition) is 0. The minimum Gasteiger partial charge on any atom is -0.486 e. The predicted octanol–water partition coefficient (Wildman–Crippen LogP) is 4.61. The first-order valence-electron chi connectivity index (χ1n) is 6.48. The van der Waals surface area contributed by atoms with Crippen molar-refractivity contribution in [3.63, 3.8) is 0 Å². The van der Waals surface area contributed by atoms with E-state index in [0.29, 0.717) is 15.8 Å². The summed E-state index contributed by atoms with van der Waals surface area (Å²) in [4.78, 5) is 11.8. The molecule has 0 heterocycles. The average molecular weight is 398 g/mol. The van der Waals surface area contributed by atoms with Gasteiger partial charge in [0.2, 0.25) is 0 Å². The molecule has 0 bridgehead atoms. The number of ether oxygens (including phenoxy) is 2. The van der Waals surface area contributed by atoms with E-state index >= 15 is 0 Å². The Balaban J connectivity index is 2.16. The third-order valence-corrected chi connectivity index (χ3v) is 3.72. The van der Waals surface area contributed by atoms with Crippen LogP contribution in [0.2, 0.25) is 5.02 Å². The van der Waals surface area contributed by atoms with Gasteiger partial charge in [0.25, 0.3) is 0 Å². The van der Waals surface area contributed by atoms with Crippen LogP contribution in [0.15, 0.2) is 40.9 Å². The van der Waals surface area contributed by atoms with Crippen LogP contribution in [0.1, 0.15) is 15.9 Å². The van der Waals surface area contributed by atoms with Crippen LogP contribution in [-0.2, 0) is 11.3 Å². The monoisotopic (exact) mass is 396 g/mol. The summed E-state index contributed by atoms with van der Waals surface area (Å²) in [5.41, 5.74) is 0.628. The fourth-order valence-corrected chi connectivity index (χ4v) is 2.73. The lowest BCUT2D eigenvalue weighted by Crippen LogP contribution is -2.06. The Kier molecular flexibility index (Phi) is 6.03. The summed E-state index contributed by atoms with van der Waals surface area (Å²) in [5, 5.41) is 0.198. The Morgan fingerprint density at radius 2 is 2.09 bits per heavy atom. The Hall–Kier alpha value is -2.03. The second kappa shape index (κ2) is 8.00. The first kappa shape index (κ1) is 17.3. The van der Waals surface area contributed by atoms with Gasteiger partial charge >= 0.3 is 5.97 Å². The first-order valence-corrected chi connectivity index (χ1v) is 7.66. The van der Waals surface area contributed by atoms with Crippen molar-refractivity contribution in [2.24, 2.45) is 0 Å². The van der Waals surface area contributed by atoms with Gasteiger partial charge in [-0.05, 0) is 34.1 Å². The average Bonchev–Trinajstić information content (AvgIpc) is 2.53. The highest BCUT2D eigenvalue weighted by molar-refractivity contribution is 9.10. The molecule has 0 N–H and O–H groups in total. The normalized spacial score (nSPS) is 10.0. The summed E-state index contributed by atoms with van der Waals surface area (Å²) in [5.74, 6) is 1.56. The van der Waals surface area contributed by atoms with Crippen molar-refractivity contribution in [3.05, 3.63) is 62.8 Å². The van der Waals surface area contributed by atoms with E-state index < -0.39 is 5.97 Å². The standard InChI is InChI=1S/C17H11BrClFO3/c1-2-7-22-17(21)12-8-13(18)16(14(19)9-12)23-10-11-5-3-4-6-15(11)20/h1,3-6,8-9H,7,10H2. The molecule has 0 atom stereocenters. The van der Waals surface area contributed by atoms with Crippen molar-refractivity contribution in [1.82, 2.24) is 0 Å². The molecular formula is C17H11BrClFO3. The van der Waals surface area contributed by atoms with Crippen LogP contribution in [0, 0.1) is 18.2 Å². The van der Waals surface area contributed by atoms with Gasteiger partial charge in [0.1, 0.15) is 12.4 Å². The highest BCUT2D eigenvalue weighted by Gasteiger charge is 2.15. The van der Waals surface area contributed by atoms with Gasteiger partial charge in [-0.15, -0.1) is 6.42 Å². The van der Waals surface area contributed by atoms with Gasteiger partial charge in [-0.3, -0.25) is 0 Å². The fraction of sp³-hybridized carbons (Fsp3) is 0.118. The minimum atomic E-state index is -0.591. The molecule has 118 valence electrons. The molecule has 0 aliphatic carbocycles. The van der Waals surface area contributed by atoms with E-state index in [1.165, 1.54) is 18.2 Å². The highest BCUT2D eigenvalue weighted by Crippen LogP contribution is 2.35. The molecule has 0 unspecified atom stereocenters. The third kappa shape index (κ3) is 4.47. The number of terminal acetylenes is 1. The van der Waals surface area contributed by atoms with Crippen molar-refractivity contribution >= 4 is 33.5 Å². The third-order valence-electron chi connectivity index (χ3n) is 2.85. The summed E-state index contributed by atoms with van der Waals surface area (Å²) in [6, 6.07) is 9.17. The predicted molar refractivity (Wildman–Crippen MR) is 89.0 cm³/mol. The molecule has 6 heteroatoms. The van der Waals surface area contributed by atoms with Crippen LogP contribution in [-0.4, -0.2) is 12.6 Å². The van der Waals surface area contributed by atoms with Gasteiger partial charge in [0.15, 0.2) is 12.4 Å². The maximum absolute atomic E-state index is 13.6. The zero-order chi connectivity index (χ0) is 16.8. The van der Waals surface area contributed by atoms with Crippen molar-refractivity contribution in [2.75, 3.05) is 6.61 Å². The van der Waals surface area contributed by atoms with Crippen LogP contribution in [0.5, 0.6) is 5.75 Å². The van der Waals surface area contributed by atoms with Gasteiger partial charge in [-0.25, -0.2) is 9.18 Å². The van der Waals surface area contributed by atoms with Crippen LogP contribution < -0.4 is 4.74 Å². The van der Waals surface area contributed by atoms with Crippen molar-refractivity contribution in [1.29, 1.82) is 0 Å². The topological polar surface area (TPSA) is 35.5 Å². The van der Waals surface area contributed by atoms with Crippen LogP contribution in [0.25, 0.3) is 0 Å². The smallest absolute Gasteiger partial charge is 0.339 e. The van der Waals surface area contributed by atoms with E-state index in [-0.39, 0.29) is 29.6 Å². The van der Waals surface area contributed by atoms with Crippen LogP contribution >= 0.6 is 27.5 Å². The molecule has 0 aliphatic heterocycles. The number of esters is 1. The van der Waals surface area contributed by atoms with Crippen LogP contribution in [0.4, 0.5) is 4.39 Å². The SMILES string of the molecule is C#CCOC(=O)c1cc(Cl)c(OCc2ccccc2F)c(Br)c1. The lowest BCUT2D eigenvalue weighted by atomic mass is 10.2. The zero-order valence-electron chi connectivity index (χ0n) is 11.8. The minimum absolute atomic E-state index is 0.00583. The summed E-state index contributed by atoms with van der Waals surface area (Å²) >= 11 is 9.40. The van der Waals surface area contributed by atoms with E-state index in [9.17, 15) is 9.18 Å². The molecule has 2 aromatic carbocycles. The summed E-state index contributed by atoms with van der Waals surface area (Å²) in [6.45, 7) is -0.120. The Bertz CT molecular complexity index is 748. The molecule has 0 saturated carbocycles. The molecule has 0 aromatic heterocycles. The molecule has 0 saturated heterocycles. The molecule has 2 rings (SSSR count). The zero-order valence-corrected chi connectivity index (χ0v) is 14.2. The molecule has 0 aliphatic rings. The van der Waals surface area contributed by atoms with Crippen molar-refractivity contribution < 1.29 is 18.7 Å². The molecule has 0 fully saturated rings. The van der Waals surface area contributed by atoms with E-state index in [4.69, 9.17) is 27.5 Å². The molecule has 0 spiro atoms. The maximum Gasteiger partial charge on any atom is 0.339 e. The number of hydrogen-bond acceptors (Lipinski definition) is 3. The lowest BCUT2D eigenvalue weighted by molar-refractivity contribution is 0.0556. The van der Waals surface area contributed by atoms with Crippen LogP contribution in [0.3, 0.4) is 0 Å². The number of halogens is 3. The van der Waals surface area contributed by atoms with Gasteiger partial charge in [0, 0.05) is 5.56 Å². The van der Waals surface area contributed by atoms with Gasteiger partial charge in [-0.1, -0.05) is 35.7 Å². The van der Waals surface area contributed by atoms with E-state index in [2.05, 4.69) is 21.9 Å². The number of carbonyl (C=O) groups excluding carboxylic acids is 1. The van der Waals surface area contributed by atoms with Gasteiger partial charge in [0.05, 0.1) is 15.1 Å². The molecular weight excluding hydrogens is 387 g/mol. The number of rotatable bonds is 5. The lowest BCUT2D eigenvalue weighted by Gasteiger charge is -2.12. The Morgan fingerprint density at radius 3 is 2.74 bits per heavy atom. The number of benzene rings is 2. The molecule has 23 heavy (non-hydrogen) atoms. The Morgan fingerprint density at radius 1 is 1.35 bits per heavy atom. The quantitative estimate of drug-likeness (QED) is 0.546. The summed E-state index contributed by atoms with van der Waals surface area (Å²) < 4.78 is 24.4. The van der Waals surface area contributed by atoms with E-state index in [1.54, 1.807) is 18.2 Å². The molecule has 2 aromatic rings. The van der Waals surface area contributed by atoms with E-state index in [1.807, 2.05) is 0 Å². The van der Waals surface area contributed by atoms with Crippen molar-refractivity contribution in [2.45, 2.75) is 6.61 Å². The highest BCUT2D eigenvalue weighted by atomic mass is 79.9. The largest absolute Gasteiger partial charge is 0.486 e. The fourth-order valence-electron chi connectivity index (χ4n) is 1.77. The molecule has 0 amide bonds. The van der Waals surface area contributed by atoms with E-state index in [0.717, 1.165) is 0 Å². The van der Waals surface area contributed by atoms with Gasteiger partial charge < -0.3 is 9.47 Å². The first-order chi connectivity index (χ1) is 11.0. The molecule has 0 radical (unpaired) electrons. The molecule has 3 nitrogen and oxygen atoms in total. The maximum atomic E-state index is 13.6. The van der Waals surface area contributed by atoms with Gasteiger partial charge in [-0.2, -0.15) is 0 Å². The Labute approximate surface area is 146 Å². The second-order valence-electron chi connectivity index (χ2n) is 4.43. The number of carbonyl (C=O) groups is 1.